The molecule has 0 bridgehead atoms. The molecule has 0 aromatic carbocycles. The fourth-order valence-electron chi connectivity index (χ4n) is 3.14. The van der Waals surface area contributed by atoms with Gasteiger partial charge in [-0.3, -0.25) is 9.69 Å². The third kappa shape index (κ3) is 3.67. The van der Waals surface area contributed by atoms with Crippen molar-refractivity contribution in [2.24, 2.45) is 0 Å². The Labute approximate surface area is 140 Å². The number of carbonyl (C=O) groups excluding carboxylic acids is 1. The van der Waals surface area contributed by atoms with Gasteiger partial charge in [-0.2, -0.15) is 0 Å². The van der Waals surface area contributed by atoms with Crippen molar-refractivity contribution in [2.75, 3.05) is 37.4 Å². The average Bonchev–Trinajstić information content (AvgIpc) is 2.81. The number of piperazine rings is 1. The van der Waals surface area contributed by atoms with Gasteiger partial charge in [-0.1, -0.05) is 11.8 Å². The van der Waals surface area contributed by atoms with Gasteiger partial charge in [0.15, 0.2) is 15.0 Å². The summed E-state index contributed by atoms with van der Waals surface area (Å²) in [4.78, 5) is 24.7. The number of aryl methyl sites for hydroxylation is 1. The summed E-state index contributed by atoms with van der Waals surface area (Å²) >= 11 is 1.29. The zero-order valence-corrected chi connectivity index (χ0v) is 14.8. The van der Waals surface area contributed by atoms with Gasteiger partial charge in [0.05, 0.1) is 23.3 Å². The molecule has 9 heteroatoms. The molecule has 3 rings (SSSR count). The van der Waals surface area contributed by atoms with E-state index in [0.717, 1.165) is 5.69 Å². The van der Waals surface area contributed by atoms with Crippen molar-refractivity contribution in [3.63, 3.8) is 0 Å². The minimum Gasteiger partial charge on any atom is -0.335 e. The molecule has 2 fully saturated rings. The zero-order valence-electron chi connectivity index (χ0n) is 13.2. The van der Waals surface area contributed by atoms with Gasteiger partial charge in [0, 0.05) is 31.0 Å². The molecule has 2 aliphatic rings. The minimum absolute atomic E-state index is 0.0414. The Kier molecular flexibility index (Phi) is 4.61. The summed E-state index contributed by atoms with van der Waals surface area (Å²) in [5, 5.41) is 0.572. The van der Waals surface area contributed by atoms with E-state index >= 15 is 0 Å². The molecule has 7 nitrogen and oxygen atoms in total. The van der Waals surface area contributed by atoms with Crippen LogP contribution in [0.25, 0.3) is 0 Å². The van der Waals surface area contributed by atoms with E-state index in [2.05, 4.69) is 14.9 Å². The van der Waals surface area contributed by atoms with Crippen molar-refractivity contribution in [3.05, 3.63) is 18.0 Å². The monoisotopic (exact) mass is 356 g/mol. The highest BCUT2D eigenvalue weighted by molar-refractivity contribution is 7.99. The van der Waals surface area contributed by atoms with Gasteiger partial charge in [-0.05, 0) is 20.0 Å². The van der Waals surface area contributed by atoms with Crippen LogP contribution in [0.1, 0.15) is 5.69 Å². The van der Waals surface area contributed by atoms with E-state index in [4.69, 9.17) is 0 Å². The lowest BCUT2D eigenvalue weighted by atomic mass is 10.1. The van der Waals surface area contributed by atoms with Crippen LogP contribution in [0, 0.1) is 6.92 Å². The molecule has 1 aromatic rings. The number of carbonyl (C=O) groups is 1. The van der Waals surface area contributed by atoms with Crippen LogP contribution in [0.5, 0.6) is 0 Å². The van der Waals surface area contributed by atoms with Crippen LogP contribution < -0.4 is 0 Å². The highest BCUT2D eigenvalue weighted by atomic mass is 32.2. The van der Waals surface area contributed by atoms with Gasteiger partial charge in [0.25, 0.3) is 0 Å². The molecule has 0 aliphatic carbocycles. The van der Waals surface area contributed by atoms with Crippen LogP contribution in [0.2, 0.25) is 0 Å². The Morgan fingerprint density at radius 2 is 2.09 bits per heavy atom. The molecular formula is C14H20N4O3S2. The summed E-state index contributed by atoms with van der Waals surface area (Å²) in [5.41, 5.74) is 0.858. The first-order valence-electron chi connectivity index (χ1n) is 7.48. The van der Waals surface area contributed by atoms with Crippen LogP contribution >= 0.6 is 11.8 Å². The molecule has 2 aliphatic heterocycles. The molecular weight excluding hydrogens is 336 g/mol. The molecule has 0 radical (unpaired) electrons. The van der Waals surface area contributed by atoms with Crippen molar-refractivity contribution in [3.8, 4) is 0 Å². The number of aromatic nitrogens is 2. The maximum absolute atomic E-state index is 12.6. The van der Waals surface area contributed by atoms with E-state index in [9.17, 15) is 13.2 Å². The largest absolute Gasteiger partial charge is 0.335 e. The second-order valence-corrected chi connectivity index (χ2v) is 9.14. The SMILES string of the molecule is Cc1ccnc(SCC(=O)N2CCN(C)[C@H]3CS(=O)(=O)C[C@H]32)n1. The van der Waals surface area contributed by atoms with Gasteiger partial charge in [0.1, 0.15) is 0 Å². The number of hydrogen-bond donors (Lipinski definition) is 0. The normalized spacial score (nSPS) is 27.0. The topological polar surface area (TPSA) is 83.5 Å². The van der Waals surface area contributed by atoms with E-state index in [-0.39, 0.29) is 35.2 Å². The molecule has 1 amide bonds. The van der Waals surface area contributed by atoms with E-state index < -0.39 is 9.84 Å². The maximum Gasteiger partial charge on any atom is 0.233 e. The van der Waals surface area contributed by atoms with Gasteiger partial charge in [0.2, 0.25) is 5.91 Å². The quantitative estimate of drug-likeness (QED) is 0.548. The number of amides is 1. The first-order valence-corrected chi connectivity index (χ1v) is 10.3. The van der Waals surface area contributed by atoms with Crippen molar-refractivity contribution in [1.29, 1.82) is 0 Å². The van der Waals surface area contributed by atoms with Gasteiger partial charge < -0.3 is 4.90 Å². The summed E-state index contributed by atoms with van der Waals surface area (Å²) in [6.45, 7) is 3.15. The Hall–Kier alpha value is -1.19. The number of likely N-dealkylation sites (N-methyl/N-ethyl adjacent to an activating group) is 1. The highest BCUT2D eigenvalue weighted by Crippen LogP contribution is 2.27. The Bertz CT molecular complexity index is 710. The molecule has 0 saturated carbocycles. The highest BCUT2D eigenvalue weighted by Gasteiger charge is 2.46. The van der Waals surface area contributed by atoms with Crippen molar-refractivity contribution in [2.45, 2.75) is 24.2 Å². The van der Waals surface area contributed by atoms with Gasteiger partial charge >= 0.3 is 0 Å². The smallest absolute Gasteiger partial charge is 0.233 e. The van der Waals surface area contributed by atoms with Crippen LogP contribution in [0.4, 0.5) is 0 Å². The van der Waals surface area contributed by atoms with Crippen molar-refractivity contribution >= 4 is 27.5 Å². The molecule has 0 spiro atoms. The number of thioether (sulfide) groups is 1. The second-order valence-electron chi connectivity index (χ2n) is 6.05. The maximum atomic E-state index is 12.6. The number of sulfone groups is 1. The number of rotatable bonds is 3. The van der Waals surface area contributed by atoms with Crippen LogP contribution in [-0.2, 0) is 14.6 Å². The van der Waals surface area contributed by atoms with E-state index in [0.29, 0.717) is 18.2 Å². The summed E-state index contributed by atoms with van der Waals surface area (Å²) in [6.07, 6.45) is 1.67. The lowest BCUT2D eigenvalue weighted by molar-refractivity contribution is -0.133. The Morgan fingerprint density at radius 3 is 2.83 bits per heavy atom. The summed E-state index contributed by atoms with van der Waals surface area (Å²) in [7, 11) is -1.14. The molecule has 0 unspecified atom stereocenters. The van der Waals surface area contributed by atoms with Crippen LogP contribution in [-0.4, -0.2) is 83.6 Å². The molecule has 23 heavy (non-hydrogen) atoms. The first kappa shape index (κ1) is 16.7. The standard InChI is InChI=1S/C14H20N4O3S2/c1-10-3-4-15-14(16-10)22-7-13(19)18-6-5-17(2)11-8-23(20,21)9-12(11)18/h3-4,11-12H,5-9H2,1-2H3/t11-,12+/m0/s1. The fraction of sp³-hybridized carbons (Fsp3) is 0.643. The lowest BCUT2D eigenvalue weighted by Gasteiger charge is -2.42. The Balaban J connectivity index is 1.67. The summed E-state index contributed by atoms with van der Waals surface area (Å²) in [5.74, 6) is 0.405. The van der Waals surface area contributed by atoms with Crippen molar-refractivity contribution < 1.29 is 13.2 Å². The molecule has 126 valence electrons. The van der Waals surface area contributed by atoms with Gasteiger partial charge in [-0.15, -0.1) is 0 Å². The van der Waals surface area contributed by atoms with Crippen molar-refractivity contribution in [1.82, 2.24) is 19.8 Å². The third-order valence-electron chi connectivity index (χ3n) is 4.37. The third-order valence-corrected chi connectivity index (χ3v) is 6.92. The first-order chi connectivity index (χ1) is 10.9. The molecule has 3 heterocycles. The molecule has 2 saturated heterocycles. The number of hydrogen-bond acceptors (Lipinski definition) is 7. The van der Waals surface area contributed by atoms with E-state index in [1.165, 1.54) is 11.8 Å². The summed E-state index contributed by atoms with van der Waals surface area (Å²) in [6, 6.07) is 1.49. The molecule has 2 atom stereocenters. The summed E-state index contributed by atoms with van der Waals surface area (Å²) < 4.78 is 23.9. The van der Waals surface area contributed by atoms with Crippen LogP contribution in [0.15, 0.2) is 17.4 Å². The number of fused-ring (bicyclic) bond motifs is 1. The predicted molar refractivity (Wildman–Crippen MR) is 88.1 cm³/mol. The number of nitrogens with zero attached hydrogens (tertiary/aromatic N) is 4. The second kappa shape index (κ2) is 6.37. The minimum atomic E-state index is -3.07. The Morgan fingerprint density at radius 1 is 1.35 bits per heavy atom. The average molecular weight is 356 g/mol. The van der Waals surface area contributed by atoms with Crippen LogP contribution in [0.3, 0.4) is 0 Å². The predicted octanol–water partition coefficient (Wildman–Crippen LogP) is -0.183. The van der Waals surface area contributed by atoms with Gasteiger partial charge in [-0.25, -0.2) is 18.4 Å². The lowest BCUT2D eigenvalue weighted by Crippen LogP contribution is -2.59. The van der Waals surface area contributed by atoms with E-state index in [1.807, 2.05) is 14.0 Å². The van der Waals surface area contributed by atoms with E-state index in [1.54, 1.807) is 17.2 Å². The fourth-order valence-corrected chi connectivity index (χ4v) is 5.96. The molecule has 0 N–H and O–H groups in total. The zero-order chi connectivity index (χ0) is 16.6. The molecule has 1 aromatic heterocycles.